The van der Waals surface area contributed by atoms with Crippen molar-refractivity contribution in [2.45, 2.75) is 19.5 Å². The molecule has 16 heavy (non-hydrogen) atoms. The summed E-state index contributed by atoms with van der Waals surface area (Å²) >= 11 is 0. The number of aryl methyl sites for hydroxylation is 1. The lowest BCUT2D eigenvalue weighted by atomic mass is 10.1. The molecule has 1 aromatic carbocycles. The Balaban J connectivity index is 3.10. The summed E-state index contributed by atoms with van der Waals surface area (Å²) in [6, 6.07) is 1.94. The summed E-state index contributed by atoms with van der Waals surface area (Å²) in [4.78, 5) is 0. The van der Waals surface area contributed by atoms with Crippen LogP contribution in [0.25, 0.3) is 0 Å². The van der Waals surface area contributed by atoms with Crippen LogP contribution in [-0.2, 0) is 6.18 Å². The Bertz CT molecular complexity index is 379. The molecule has 1 nitrogen and oxygen atoms in total. The van der Waals surface area contributed by atoms with Gasteiger partial charge in [-0.3, -0.25) is 0 Å². The molecule has 0 spiro atoms. The predicted molar refractivity (Wildman–Crippen MR) is 42.9 cm³/mol. The van der Waals surface area contributed by atoms with Crippen molar-refractivity contribution in [2.75, 3.05) is 0 Å². The molecule has 0 amide bonds. The quantitative estimate of drug-likeness (QED) is 0.680. The van der Waals surface area contributed by atoms with Crippen LogP contribution in [0.4, 0.5) is 26.3 Å². The van der Waals surface area contributed by atoms with E-state index in [9.17, 15) is 26.3 Å². The van der Waals surface area contributed by atoms with Gasteiger partial charge >= 0.3 is 12.5 Å². The summed E-state index contributed by atoms with van der Waals surface area (Å²) in [5.41, 5.74) is -1.21. The fraction of sp³-hybridized carbons (Fsp3) is 0.333. The van der Waals surface area contributed by atoms with Crippen LogP contribution in [0.3, 0.4) is 0 Å². The third kappa shape index (κ3) is 3.32. The Morgan fingerprint density at radius 1 is 1.00 bits per heavy atom. The smallest absolute Gasteiger partial charge is 0.405 e. The van der Waals surface area contributed by atoms with Crippen molar-refractivity contribution in [1.29, 1.82) is 0 Å². The molecule has 0 aromatic heterocycles. The van der Waals surface area contributed by atoms with E-state index in [0.29, 0.717) is 12.1 Å². The molecule has 0 N–H and O–H groups in total. The fourth-order valence-corrected chi connectivity index (χ4v) is 1.01. The van der Waals surface area contributed by atoms with Crippen molar-refractivity contribution in [2.24, 2.45) is 0 Å². The average molecular weight is 244 g/mol. The minimum Gasteiger partial charge on any atom is -0.405 e. The number of ether oxygens (including phenoxy) is 1. The number of halogens is 6. The highest BCUT2D eigenvalue weighted by Crippen LogP contribution is 2.34. The summed E-state index contributed by atoms with van der Waals surface area (Å²) in [6.45, 7) is 1.22. The zero-order chi connectivity index (χ0) is 12.6. The van der Waals surface area contributed by atoms with Gasteiger partial charge in [-0.05, 0) is 24.6 Å². The van der Waals surface area contributed by atoms with Gasteiger partial charge < -0.3 is 4.74 Å². The number of alkyl halides is 6. The largest absolute Gasteiger partial charge is 0.573 e. The molecule has 0 radical (unpaired) electrons. The van der Waals surface area contributed by atoms with Gasteiger partial charge in [0.2, 0.25) is 0 Å². The van der Waals surface area contributed by atoms with Gasteiger partial charge in [0.15, 0.2) is 0 Å². The van der Waals surface area contributed by atoms with E-state index in [0.717, 1.165) is 6.07 Å². The van der Waals surface area contributed by atoms with E-state index in [1.807, 2.05) is 0 Å². The highest BCUT2D eigenvalue weighted by atomic mass is 19.4. The van der Waals surface area contributed by atoms with E-state index in [1.54, 1.807) is 0 Å². The van der Waals surface area contributed by atoms with Crippen LogP contribution >= 0.6 is 0 Å². The first-order chi connectivity index (χ1) is 7.09. The normalized spacial score (nSPS) is 12.7. The van der Waals surface area contributed by atoms with Gasteiger partial charge in [0.05, 0.1) is 5.56 Å². The monoisotopic (exact) mass is 244 g/mol. The molecule has 0 heterocycles. The molecule has 0 aliphatic carbocycles. The summed E-state index contributed by atoms with van der Waals surface area (Å²) in [5.74, 6) is -0.845. The second-order valence-electron chi connectivity index (χ2n) is 3.03. The van der Waals surface area contributed by atoms with Crippen molar-refractivity contribution in [3.63, 3.8) is 0 Å². The summed E-state index contributed by atoms with van der Waals surface area (Å²) in [5, 5.41) is 0. The molecule has 0 bridgehead atoms. The minimum absolute atomic E-state index is 0.0228. The molecule has 0 aliphatic heterocycles. The second kappa shape index (κ2) is 3.88. The first-order valence-corrected chi connectivity index (χ1v) is 4.03. The van der Waals surface area contributed by atoms with Crippen LogP contribution in [0.15, 0.2) is 18.2 Å². The molecule has 7 heteroatoms. The highest BCUT2D eigenvalue weighted by Gasteiger charge is 2.35. The van der Waals surface area contributed by atoms with Gasteiger partial charge in [0.25, 0.3) is 0 Å². The molecule has 0 aliphatic rings. The van der Waals surface area contributed by atoms with Gasteiger partial charge in [-0.1, -0.05) is 6.07 Å². The lowest BCUT2D eigenvalue weighted by Gasteiger charge is -2.13. The van der Waals surface area contributed by atoms with Crippen molar-refractivity contribution in [3.8, 4) is 5.75 Å². The maximum atomic E-state index is 12.2. The van der Waals surface area contributed by atoms with Gasteiger partial charge in [0, 0.05) is 0 Å². The molecule has 0 atom stereocenters. The van der Waals surface area contributed by atoms with Gasteiger partial charge in [-0.25, -0.2) is 0 Å². The van der Waals surface area contributed by atoms with Crippen molar-refractivity contribution in [3.05, 3.63) is 29.3 Å². The molecule has 90 valence electrons. The van der Waals surface area contributed by atoms with Gasteiger partial charge in [0.1, 0.15) is 5.75 Å². The second-order valence-corrected chi connectivity index (χ2v) is 3.03. The average Bonchev–Trinajstić information content (AvgIpc) is 2.04. The van der Waals surface area contributed by atoms with Crippen LogP contribution in [0.2, 0.25) is 0 Å². The van der Waals surface area contributed by atoms with E-state index in [-0.39, 0.29) is 5.56 Å². The van der Waals surface area contributed by atoms with E-state index in [1.165, 1.54) is 6.92 Å². The van der Waals surface area contributed by atoms with Gasteiger partial charge in [-0.2, -0.15) is 13.2 Å². The standard InChI is InChI=1S/C9H6F6O/c1-5-2-3-6(8(10,11)12)4-7(5)16-9(13,14)15/h2-4H,1H3. The summed E-state index contributed by atoms with van der Waals surface area (Å²) < 4.78 is 75.6. The Kier molecular flexibility index (Phi) is 3.07. The lowest BCUT2D eigenvalue weighted by Crippen LogP contribution is -2.18. The Labute approximate surface area is 86.6 Å². The molecule has 1 aromatic rings. The van der Waals surface area contributed by atoms with Crippen LogP contribution < -0.4 is 4.74 Å². The van der Waals surface area contributed by atoms with Gasteiger partial charge in [-0.15, -0.1) is 13.2 Å². The molecule has 0 saturated heterocycles. The van der Waals surface area contributed by atoms with Crippen molar-refractivity contribution in [1.82, 2.24) is 0 Å². The van der Waals surface area contributed by atoms with Crippen LogP contribution in [-0.4, -0.2) is 6.36 Å². The topological polar surface area (TPSA) is 9.23 Å². The Hall–Kier alpha value is -1.40. The van der Waals surface area contributed by atoms with E-state index in [2.05, 4.69) is 4.74 Å². The molecule has 0 unspecified atom stereocenters. The first-order valence-electron chi connectivity index (χ1n) is 4.03. The predicted octanol–water partition coefficient (Wildman–Crippen LogP) is 3.91. The number of hydrogen-bond acceptors (Lipinski definition) is 1. The van der Waals surface area contributed by atoms with Crippen LogP contribution in [0, 0.1) is 6.92 Å². The van der Waals surface area contributed by atoms with Crippen LogP contribution in [0.1, 0.15) is 11.1 Å². The summed E-state index contributed by atoms with van der Waals surface area (Å²) in [6.07, 6.45) is -9.70. The molecule has 0 saturated carbocycles. The number of benzene rings is 1. The lowest BCUT2D eigenvalue weighted by molar-refractivity contribution is -0.275. The van der Waals surface area contributed by atoms with Crippen LogP contribution in [0.5, 0.6) is 5.75 Å². The van der Waals surface area contributed by atoms with Crippen molar-refractivity contribution >= 4 is 0 Å². The zero-order valence-electron chi connectivity index (χ0n) is 7.91. The Morgan fingerprint density at radius 3 is 2.00 bits per heavy atom. The highest BCUT2D eigenvalue weighted by molar-refractivity contribution is 5.37. The SMILES string of the molecule is Cc1ccc(C(F)(F)F)cc1OC(F)(F)F. The maximum absolute atomic E-state index is 12.2. The van der Waals surface area contributed by atoms with E-state index >= 15 is 0 Å². The minimum atomic E-state index is -5.00. The Morgan fingerprint density at radius 2 is 1.56 bits per heavy atom. The first kappa shape index (κ1) is 12.7. The van der Waals surface area contributed by atoms with E-state index < -0.39 is 23.9 Å². The molecule has 1 rings (SSSR count). The number of hydrogen-bond donors (Lipinski definition) is 0. The third-order valence-corrected chi connectivity index (χ3v) is 1.74. The number of rotatable bonds is 1. The van der Waals surface area contributed by atoms with Crippen molar-refractivity contribution < 1.29 is 31.1 Å². The molecule has 0 fully saturated rings. The molecular weight excluding hydrogens is 238 g/mol. The van der Waals surface area contributed by atoms with E-state index in [4.69, 9.17) is 0 Å². The third-order valence-electron chi connectivity index (χ3n) is 1.74. The summed E-state index contributed by atoms with van der Waals surface area (Å²) in [7, 11) is 0. The maximum Gasteiger partial charge on any atom is 0.573 e. The molecular formula is C9H6F6O. The zero-order valence-corrected chi connectivity index (χ0v) is 7.91. The fourth-order valence-electron chi connectivity index (χ4n) is 1.01.